The van der Waals surface area contributed by atoms with Gasteiger partial charge in [-0.1, -0.05) is 0 Å². The second-order valence-electron chi connectivity index (χ2n) is 11.0. The third-order valence-corrected chi connectivity index (χ3v) is 5.67. The number of carbonyl (C=O) groups is 2. The zero-order valence-electron chi connectivity index (χ0n) is 30.0. The fourth-order valence-corrected chi connectivity index (χ4v) is 3.19. The monoisotopic (exact) mass is 701 g/mol. The standard InChI is InChI=1S/C32H63NO15/c1-32(2,3)48-31(35)33(4)7-9-38-11-13-40-15-17-42-19-21-44-23-25-46-27-29-47-28-26-45-24-22-43-20-18-41-16-14-39-12-10-37-8-6-30(34)36-5/h6-29H2,1-5H3. The average molecular weight is 702 g/mol. The molecule has 0 bridgehead atoms. The fraction of sp³-hybridized carbons (Fsp3) is 0.938. The zero-order valence-corrected chi connectivity index (χ0v) is 30.0. The van der Waals surface area contributed by atoms with E-state index in [9.17, 15) is 9.59 Å². The molecule has 1 amide bonds. The SMILES string of the molecule is COC(=O)CCOCCOCCOCCOCCOCCOCCOCCOCCOCCOCCOCCN(C)C(=O)OC(C)(C)C. The molecule has 0 aliphatic rings. The van der Waals surface area contributed by atoms with E-state index in [1.807, 2.05) is 20.8 Å². The molecule has 0 atom stereocenters. The first-order chi connectivity index (χ1) is 23.3. The van der Waals surface area contributed by atoms with Gasteiger partial charge < -0.3 is 66.5 Å². The maximum absolute atomic E-state index is 11.9. The smallest absolute Gasteiger partial charge is 0.410 e. The number of methoxy groups -OCH3 is 1. The van der Waals surface area contributed by atoms with Gasteiger partial charge in [-0.05, 0) is 20.8 Å². The third kappa shape index (κ3) is 37.1. The number of carbonyl (C=O) groups excluding carboxylic acids is 2. The van der Waals surface area contributed by atoms with Crippen LogP contribution in [0.1, 0.15) is 27.2 Å². The lowest BCUT2D eigenvalue weighted by Crippen LogP contribution is -2.36. The van der Waals surface area contributed by atoms with Crippen molar-refractivity contribution in [2.45, 2.75) is 32.8 Å². The molecule has 0 fully saturated rings. The van der Waals surface area contributed by atoms with Crippen molar-refractivity contribution >= 4 is 12.1 Å². The molecule has 0 unspecified atom stereocenters. The van der Waals surface area contributed by atoms with Crippen molar-refractivity contribution in [1.29, 1.82) is 0 Å². The van der Waals surface area contributed by atoms with Gasteiger partial charge in [0.05, 0.1) is 159 Å². The van der Waals surface area contributed by atoms with Crippen molar-refractivity contribution in [2.75, 3.05) is 166 Å². The molecule has 16 heteroatoms. The Kier molecular flexibility index (Phi) is 33.9. The number of nitrogens with zero attached hydrogens (tertiary/aromatic N) is 1. The number of amides is 1. The Morgan fingerprint density at radius 2 is 0.688 bits per heavy atom. The molecule has 48 heavy (non-hydrogen) atoms. The van der Waals surface area contributed by atoms with Crippen molar-refractivity contribution < 1.29 is 71.2 Å². The first kappa shape index (κ1) is 46.3. The summed E-state index contributed by atoms with van der Waals surface area (Å²) in [6.45, 7) is 16.1. The second kappa shape index (κ2) is 35.1. The molecule has 0 aromatic rings. The van der Waals surface area contributed by atoms with Gasteiger partial charge in [0.1, 0.15) is 5.60 Å². The predicted molar refractivity (Wildman–Crippen MR) is 175 cm³/mol. The molecule has 0 heterocycles. The Labute approximate surface area is 287 Å². The molecule has 0 radical (unpaired) electrons. The minimum atomic E-state index is -0.513. The first-order valence-corrected chi connectivity index (χ1v) is 16.6. The maximum atomic E-state index is 11.9. The van der Waals surface area contributed by atoms with E-state index in [1.165, 1.54) is 12.0 Å². The van der Waals surface area contributed by atoms with Crippen molar-refractivity contribution in [1.82, 2.24) is 4.90 Å². The van der Waals surface area contributed by atoms with E-state index in [-0.39, 0.29) is 18.5 Å². The van der Waals surface area contributed by atoms with Gasteiger partial charge in [-0.15, -0.1) is 0 Å². The van der Waals surface area contributed by atoms with E-state index in [1.54, 1.807) is 7.05 Å². The van der Waals surface area contributed by atoms with E-state index in [2.05, 4.69) is 4.74 Å². The van der Waals surface area contributed by atoms with E-state index < -0.39 is 5.60 Å². The Morgan fingerprint density at radius 1 is 0.438 bits per heavy atom. The Bertz CT molecular complexity index is 711. The molecule has 0 aromatic heterocycles. The Balaban J connectivity index is 3.15. The van der Waals surface area contributed by atoms with Gasteiger partial charge in [0, 0.05) is 13.6 Å². The fourth-order valence-electron chi connectivity index (χ4n) is 3.19. The highest BCUT2D eigenvalue weighted by molar-refractivity contribution is 5.69. The largest absolute Gasteiger partial charge is 0.469 e. The molecule has 0 rings (SSSR count). The van der Waals surface area contributed by atoms with Crippen LogP contribution in [0.25, 0.3) is 0 Å². The van der Waals surface area contributed by atoms with Gasteiger partial charge in [0.2, 0.25) is 0 Å². The highest BCUT2D eigenvalue weighted by atomic mass is 16.6. The molecule has 286 valence electrons. The average Bonchev–Trinajstić information content (AvgIpc) is 3.05. The van der Waals surface area contributed by atoms with Crippen molar-refractivity contribution in [2.24, 2.45) is 0 Å². The molecule has 0 aliphatic carbocycles. The van der Waals surface area contributed by atoms with Gasteiger partial charge in [0.25, 0.3) is 0 Å². The molecule has 0 aromatic carbocycles. The second-order valence-corrected chi connectivity index (χ2v) is 11.0. The summed E-state index contributed by atoms with van der Waals surface area (Å²) in [6.07, 6.45) is -0.127. The van der Waals surface area contributed by atoms with Gasteiger partial charge >= 0.3 is 12.1 Å². The third-order valence-electron chi connectivity index (χ3n) is 5.67. The molecule has 0 N–H and O–H groups in total. The number of hydrogen-bond acceptors (Lipinski definition) is 15. The van der Waals surface area contributed by atoms with Crippen molar-refractivity contribution in [3.8, 4) is 0 Å². The minimum Gasteiger partial charge on any atom is -0.469 e. The van der Waals surface area contributed by atoms with Crippen LogP contribution in [0, 0.1) is 0 Å². The van der Waals surface area contributed by atoms with Crippen LogP contribution >= 0.6 is 0 Å². The molecular formula is C32H63NO15. The molecule has 0 saturated heterocycles. The lowest BCUT2D eigenvalue weighted by molar-refractivity contribution is -0.141. The van der Waals surface area contributed by atoms with Crippen LogP contribution in [-0.4, -0.2) is 189 Å². The van der Waals surface area contributed by atoms with Gasteiger partial charge in [-0.3, -0.25) is 4.79 Å². The lowest BCUT2D eigenvalue weighted by Gasteiger charge is -2.24. The predicted octanol–water partition coefficient (Wildman–Crippen LogP) is 1.60. The van der Waals surface area contributed by atoms with E-state index in [0.29, 0.717) is 152 Å². The van der Waals surface area contributed by atoms with Crippen LogP contribution in [0.15, 0.2) is 0 Å². The van der Waals surface area contributed by atoms with E-state index in [0.717, 1.165) is 0 Å². The topological polar surface area (TPSA) is 157 Å². The van der Waals surface area contributed by atoms with Crippen LogP contribution < -0.4 is 0 Å². The van der Waals surface area contributed by atoms with Crippen LogP contribution in [0.5, 0.6) is 0 Å². The summed E-state index contributed by atoms with van der Waals surface area (Å²) in [6, 6.07) is 0. The molecule has 0 saturated carbocycles. The van der Waals surface area contributed by atoms with Gasteiger partial charge in [0.15, 0.2) is 0 Å². The number of rotatable bonds is 36. The van der Waals surface area contributed by atoms with Crippen LogP contribution in [-0.2, 0) is 66.4 Å². The summed E-state index contributed by atoms with van der Waals surface area (Å²) in [5.41, 5.74) is -0.513. The van der Waals surface area contributed by atoms with Crippen LogP contribution in [0.3, 0.4) is 0 Å². The van der Waals surface area contributed by atoms with Gasteiger partial charge in [-0.25, -0.2) is 4.79 Å². The van der Waals surface area contributed by atoms with E-state index in [4.69, 9.17) is 56.8 Å². The van der Waals surface area contributed by atoms with Crippen LogP contribution in [0.2, 0.25) is 0 Å². The Morgan fingerprint density at radius 3 is 0.938 bits per heavy atom. The summed E-state index contributed by atoms with van der Waals surface area (Å²) >= 11 is 0. The quantitative estimate of drug-likeness (QED) is 0.0685. The highest BCUT2D eigenvalue weighted by Gasteiger charge is 2.19. The first-order valence-electron chi connectivity index (χ1n) is 16.6. The Hall–Kier alpha value is -1.70. The van der Waals surface area contributed by atoms with Crippen LogP contribution in [0.4, 0.5) is 4.79 Å². The molecule has 16 nitrogen and oxygen atoms in total. The maximum Gasteiger partial charge on any atom is 0.410 e. The summed E-state index contributed by atoms with van der Waals surface area (Å²) in [7, 11) is 3.03. The summed E-state index contributed by atoms with van der Waals surface area (Å²) in [5.74, 6) is -0.289. The molecule has 0 spiro atoms. The van der Waals surface area contributed by atoms with Crippen molar-refractivity contribution in [3.63, 3.8) is 0 Å². The number of esters is 1. The normalized spacial score (nSPS) is 11.6. The number of ether oxygens (including phenoxy) is 13. The number of hydrogen-bond donors (Lipinski definition) is 0. The highest BCUT2D eigenvalue weighted by Crippen LogP contribution is 2.08. The summed E-state index contributed by atoms with van der Waals surface area (Å²) in [4.78, 5) is 24.3. The summed E-state index contributed by atoms with van der Waals surface area (Å²) in [5, 5.41) is 0. The minimum absolute atomic E-state index is 0.241. The molecule has 0 aliphatic heterocycles. The lowest BCUT2D eigenvalue weighted by atomic mass is 10.2. The van der Waals surface area contributed by atoms with Crippen molar-refractivity contribution in [3.05, 3.63) is 0 Å². The van der Waals surface area contributed by atoms with Gasteiger partial charge in [-0.2, -0.15) is 0 Å². The summed E-state index contributed by atoms with van der Waals surface area (Å²) < 4.78 is 69.6. The molecular weight excluding hydrogens is 638 g/mol. The number of likely N-dealkylation sites (N-methyl/N-ethyl adjacent to an activating group) is 1. The van der Waals surface area contributed by atoms with E-state index >= 15 is 0 Å². The zero-order chi connectivity index (χ0) is 35.4.